The van der Waals surface area contributed by atoms with Crippen molar-refractivity contribution in [3.8, 4) is 23.0 Å². The number of anilines is 2. The van der Waals surface area contributed by atoms with E-state index in [-0.39, 0.29) is 23.0 Å². The zero-order chi connectivity index (χ0) is 24.7. The van der Waals surface area contributed by atoms with E-state index in [0.29, 0.717) is 33.8 Å². The summed E-state index contributed by atoms with van der Waals surface area (Å²) < 4.78 is 30.1. The molecule has 4 N–H and O–H groups in total. The van der Waals surface area contributed by atoms with Crippen molar-refractivity contribution in [3.05, 3.63) is 83.3 Å². The van der Waals surface area contributed by atoms with Gasteiger partial charge in [0.2, 0.25) is 5.75 Å². The minimum Gasteiger partial charge on any atom is -0.504 e. The zero-order valence-electron chi connectivity index (χ0n) is 19.0. The van der Waals surface area contributed by atoms with Gasteiger partial charge in [-0.3, -0.25) is 4.79 Å². The summed E-state index contributed by atoms with van der Waals surface area (Å²) in [5, 5.41) is 13.0. The summed E-state index contributed by atoms with van der Waals surface area (Å²) >= 11 is 0. The molecule has 0 unspecified atom stereocenters. The van der Waals surface area contributed by atoms with Crippen molar-refractivity contribution >= 4 is 29.3 Å². The Hall–Kier alpha value is -4.46. The number of nitrogen functional groups attached to an aromatic ring is 1. The van der Waals surface area contributed by atoms with Crippen molar-refractivity contribution in [2.45, 2.75) is 0 Å². The van der Waals surface area contributed by atoms with Gasteiger partial charge in [0.25, 0.3) is 0 Å². The first-order valence-electron chi connectivity index (χ1n) is 10.2. The van der Waals surface area contributed by atoms with Crippen LogP contribution in [0, 0.1) is 5.82 Å². The van der Waals surface area contributed by atoms with E-state index in [4.69, 9.17) is 19.9 Å². The maximum absolute atomic E-state index is 14.6. The van der Waals surface area contributed by atoms with E-state index in [2.05, 4.69) is 5.32 Å². The molecule has 0 saturated carbocycles. The van der Waals surface area contributed by atoms with Crippen molar-refractivity contribution in [1.82, 2.24) is 0 Å². The van der Waals surface area contributed by atoms with Gasteiger partial charge < -0.3 is 30.4 Å². The number of phenolic OH excluding ortho intramolecular Hbond substituents is 1. The molecule has 0 spiro atoms. The van der Waals surface area contributed by atoms with Gasteiger partial charge in [-0.25, -0.2) is 4.39 Å². The molecule has 0 heterocycles. The topological polar surface area (TPSA) is 103 Å². The Bertz CT molecular complexity index is 1240. The highest BCUT2D eigenvalue weighted by atomic mass is 19.1. The Labute approximate surface area is 196 Å². The number of hydrogen-bond donors (Lipinski definition) is 3. The number of nitrogens with two attached hydrogens (primary N) is 1. The summed E-state index contributed by atoms with van der Waals surface area (Å²) in [6.45, 7) is 0. The molecule has 0 aliphatic carbocycles. The maximum Gasteiger partial charge on any atom is 0.203 e. The largest absolute Gasteiger partial charge is 0.504 e. The van der Waals surface area contributed by atoms with Crippen LogP contribution in [0.15, 0.2) is 60.8 Å². The molecule has 8 heteroatoms. The van der Waals surface area contributed by atoms with E-state index in [1.165, 1.54) is 45.7 Å². The quantitative estimate of drug-likeness (QED) is 0.175. The number of halogens is 1. The number of ketones is 1. The average Bonchev–Trinajstić information content (AvgIpc) is 2.82. The van der Waals surface area contributed by atoms with Crippen LogP contribution in [0.3, 0.4) is 0 Å². The van der Waals surface area contributed by atoms with Crippen LogP contribution in [0.2, 0.25) is 0 Å². The highest BCUT2D eigenvalue weighted by Crippen LogP contribution is 2.38. The minimum atomic E-state index is -0.583. The molecule has 7 nitrogen and oxygen atoms in total. The average molecular weight is 464 g/mol. The van der Waals surface area contributed by atoms with Gasteiger partial charge in [-0.15, -0.1) is 0 Å². The first-order chi connectivity index (χ1) is 16.4. The predicted molar refractivity (Wildman–Crippen MR) is 131 cm³/mol. The molecule has 176 valence electrons. The van der Waals surface area contributed by atoms with Crippen LogP contribution >= 0.6 is 0 Å². The summed E-state index contributed by atoms with van der Waals surface area (Å²) in [4.78, 5) is 12.3. The molecular weight excluding hydrogens is 439 g/mol. The summed E-state index contributed by atoms with van der Waals surface area (Å²) in [7, 11) is 4.25. The Morgan fingerprint density at radius 1 is 0.941 bits per heavy atom. The molecule has 0 saturated heterocycles. The number of hydrogen-bond acceptors (Lipinski definition) is 7. The second kappa shape index (κ2) is 10.9. The van der Waals surface area contributed by atoms with Crippen LogP contribution in [0.5, 0.6) is 23.0 Å². The van der Waals surface area contributed by atoms with Gasteiger partial charge in [0, 0.05) is 23.5 Å². The van der Waals surface area contributed by atoms with E-state index in [9.17, 15) is 14.3 Å². The molecule has 3 aromatic carbocycles. The summed E-state index contributed by atoms with van der Waals surface area (Å²) in [5.74, 6) is -0.314. The lowest BCUT2D eigenvalue weighted by atomic mass is 10.1. The van der Waals surface area contributed by atoms with E-state index in [1.807, 2.05) is 0 Å². The molecule has 0 radical (unpaired) electrons. The predicted octanol–water partition coefficient (Wildman–Crippen LogP) is 5.12. The van der Waals surface area contributed by atoms with Crippen LogP contribution in [0.4, 0.5) is 15.8 Å². The number of allylic oxidation sites excluding steroid dienone is 1. The lowest BCUT2D eigenvalue weighted by molar-refractivity contribution is 0.104. The van der Waals surface area contributed by atoms with Crippen LogP contribution < -0.4 is 25.3 Å². The van der Waals surface area contributed by atoms with Crippen molar-refractivity contribution < 1.29 is 28.5 Å². The smallest absolute Gasteiger partial charge is 0.203 e. The fraction of sp³-hybridized carbons (Fsp3) is 0.115. The van der Waals surface area contributed by atoms with Gasteiger partial charge >= 0.3 is 0 Å². The number of ether oxygens (including phenoxy) is 3. The Morgan fingerprint density at radius 3 is 2.21 bits per heavy atom. The maximum atomic E-state index is 14.6. The van der Waals surface area contributed by atoms with E-state index >= 15 is 0 Å². The number of aromatic hydroxyl groups is 1. The van der Waals surface area contributed by atoms with Gasteiger partial charge in [-0.1, -0.05) is 12.2 Å². The lowest BCUT2D eigenvalue weighted by Gasteiger charge is -2.11. The van der Waals surface area contributed by atoms with Gasteiger partial charge in [0.15, 0.2) is 28.8 Å². The molecule has 0 aliphatic heterocycles. The standard InChI is InChI=1S/C26H25FN2O5/c1-32-24-15-17(14-23(31)26(24)34-3)5-4-16-12-20(27)25(33-2)21(13-16)29-11-10-22(30)18-6-8-19(28)9-7-18/h4-15,29,31H,28H2,1-3H3/b5-4-,11-10-. The van der Waals surface area contributed by atoms with Crippen molar-refractivity contribution in [2.24, 2.45) is 0 Å². The third-order valence-electron chi connectivity index (χ3n) is 4.89. The van der Waals surface area contributed by atoms with E-state index < -0.39 is 5.82 Å². The third kappa shape index (κ3) is 5.66. The summed E-state index contributed by atoms with van der Waals surface area (Å²) in [6, 6.07) is 12.7. The Balaban J connectivity index is 1.83. The molecule has 0 aliphatic rings. The first-order valence-corrected chi connectivity index (χ1v) is 10.2. The number of phenols is 1. The van der Waals surface area contributed by atoms with Crippen LogP contribution in [0.25, 0.3) is 12.2 Å². The van der Waals surface area contributed by atoms with Crippen LogP contribution in [-0.2, 0) is 0 Å². The number of methoxy groups -OCH3 is 3. The molecule has 0 bridgehead atoms. The van der Waals surface area contributed by atoms with E-state index in [0.717, 1.165) is 0 Å². The summed E-state index contributed by atoms with van der Waals surface area (Å²) in [6.07, 6.45) is 6.10. The molecule has 3 rings (SSSR count). The van der Waals surface area contributed by atoms with Crippen LogP contribution in [0.1, 0.15) is 21.5 Å². The number of nitrogens with one attached hydrogen (secondary N) is 1. The van der Waals surface area contributed by atoms with Gasteiger partial charge in [0.05, 0.1) is 27.0 Å². The Kier molecular flexibility index (Phi) is 7.76. The van der Waals surface area contributed by atoms with Crippen LogP contribution in [-0.4, -0.2) is 32.2 Å². The molecule has 3 aromatic rings. The first kappa shape index (κ1) is 24.2. The fourth-order valence-corrected chi connectivity index (χ4v) is 3.23. The molecule has 0 atom stereocenters. The molecule has 0 fully saturated rings. The van der Waals surface area contributed by atoms with Gasteiger partial charge in [0.1, 0.15) is 0 Å². The second-order valence-electron chi connectivity index (χ2n) is 7.16. The lowest BCUT2D eigenvalue weighted by Crippen LogP contribution is -1.99. The number of benzene rings is 3. The molecule has 34 heavy (non-hydrogen) atoms. The van der Waals surface area contributed by atoms with Gasteiger partial charge in [-0.05, 0) is 59.7 Å². The SMILES string of the molecule is COc1cc(/C=C\c2cc(F)c(OC)c(N/C=C\C(=O)c3ccc(N)cc3)c2)cc(O)c1OC. The highest BCUT2D eigenvalue weighted by Gasteiger charge is 2.12. The monoisotopic (exact) mass is 464 g/mol. The van der Waals surface area contributed by atoms with Crippen molar-refractivity contribution in [2.75, 3.05) is 32.4 Å². The number of carbonyl (C=O) groups excluding carboxylic acids is 1. The Morgan fingerprint density at radius 2 is 1.59 bits per heavy atom. The molecule has 0 aromatic heterocycles. The highest BCUT2D eigenvalue weighted by molar-refractivity contribution is 6.04. The molecular formula is C26H25FN2O5. The third-order valence-corrected chi connectivity index (χ3v) is 4.89. The minimum absolute atomic E-state index is 0.00509. The molecule has 0 amide bonds. The number of rotatable bonds is 9. The second-order valence-corrected chi connectivity index (χ2v) is 7.16. The fourth-order valence-electron chi connectivity index (χ4n) is 3.23. The summed E-state index contributed by atoms with van der Waals surface area (Å²) in [5.41, 5.74) is 8.15. The number of carbonyl (C=O) groups is 1. The van der Waals surface area contributed by atoms with Crippen molar-refractivity contribution in [3.63, 3.8) is 0 Å². The zero-order valence-corrected chi connectivity index (χ0v) is 19.0. The van der Waals surface area contributed by atoms with Gasteiger partial charge in [-0.2, -0.15) is 0 Å². The normalized spacial score (nSPS) is 11.1. The van der Waals surface area contributed by atoms with Crippen molar-refractivity contribution in [1.29, 1.82) is 0 Å². The van der Waals surface area contributed by atoms with E-state index in [1.54, 1.807) is 48.6 Å².